The van der Waals surface area contributed by atoms with Gasteiger partial charge in [-0.3, -0.25) is 4.55 Å². The smallest absolute Gasteiger partial charge is 0.265 e. The Labute approximate surface area is 74.9 Å². The maximum atomic E-state index is 10.6. The minimum Gasteiger partial charge on any atom is -0.286 e. The van der Waals surface area contributed by atoms with E-state index in [1.54, 1.807) is 0 Å². The van der Waals surface area contributed by atoms with Crippen molar-refractivity contribution in [2.45, 2.75) is 34.1 Å². The van der Waals surface area contributed by atoms with Crippen LogP contribution in [0.1, 0.15) is 34.1 Å². The van der Waals surface area contributed by atoms with Crippen molar-refractivity contribution in [1.82, 2.24) is 0 Å². The fourth-order valence-corrected chi connectivity index (χ4v) is 2.76. The summed E-state index contributed by atoms with van der Waals surface area (Å²) in [4.78, 5) is 0. The summed E-state index contributed by atoms with van der Waals surface area (Å²) in [7, 11) is -3.83. The molecule has 0 rings (SSSR count). The molecule has 0 fully saturated rings. The third kappa shape index (κ3) is 6.61. The average molecular weight is 194 g/mol. The summed E-state index contributed by atoms with van der Waals surface area (Å²) in [6.07, 6.45) is 0.798. The molecule has 0 bridgehead atoms. The van der Waals surface area contributed by atoms with Crippen molar-refractivity contribution in [3.63, 3.8) is 0 Å². The van der Waals surface area contributed by atoms with Crippen molar-refractivity contribution in [3.05, 3.63) is 0 Å². The van der Waals surface area contributed by atoms with Gasteiger partial charge in [0, 0.05) is 0 Å². The molecule has 0 amide bonds. The Morgan fingerprint density at radius 2 is 1.75 bits per heavy atom. The van der Waals surface area contributed by atoms with Gasteiger partial charge in [0.05, 0.1) is 5.75 Å². The molecule has 0 aromatic heterocycles. The van der Waals surface area contributed by atoms with Crippen LogP contribution in [0, 0.1) is 11.3 Å². The summed E-state index contributed by atoms with van der Waals surface area (Å²) in [6, 6.07) is 0. The van der Waals surface area contributed by atoms with Gasteiger partial charge in [0.25, 0.3) is 10.1 Å². The van der Waals surface area contributed by atoms with Crippen molar-refractivity contribution in [1.29, 1.82) is 0 Å². The Balaban J connectivity index is 4.23. The first-order chi connectivity index (χ1) is 5.12. The monoisotopic (exact) mass is 194 g/mol. The lowest BCUT2D eigenvalue weighted by atomic mass is 9.86. The predicted octanol–water partition coefficient (Wildman–Crippen LogP) is 1.95. The van der Waals surface area contributed by atoms with E-state index in [2.05, 4.69) is 0 Å². The van der Waals surface area contributed by atoms with E-state index < -0.39 is 10.1 Å². The Kier molecular flexibility index (Phi) is 3.72. The second-order valence-corrected chi connectivity index (χ2v) is 5.94. The van der Waals surface area contributed by atoms with E-state index in [0.717, 1.165) is 6.42 Å². The molecule has 74 valence electrons. The summed E-state index contributed by atoms with van der Waals surface area (Å²) < 4.78 is 29.8. The van der Waals surface area contributed by atoms with Crippen LogP contribution in [-0.2, 0) is 10.1 Å². The largest absolute Gasteiger partial charge is 0.286 e. The van der Waals surface area contributed by atoms with E-state index in [4.69, 9.17) is 4.55 Å². The highest BCUT2D eigenvalue weighted by Gasteiger charge is 2.25. The van der Waals surface area contributed by atoms with Gasteiger partial charge >= 0.3 is 0 Å². The number of hydrogen-bond acceptors (Lipinski definition) is 2. The van der Waals surface area contributed by atoms with Crippen molar-refractivity contribution in [2.75, 3.05) is 5.75 Å². The minimum absolute atomic E-state index is 0.155. The van der Waals surface area contributed by atoms with Gasteiger partial charge in [0.2, 0.25) is 0 Å². The fourth-order valence-electron chi connectivity index (χ4n) is 1.66. The van der Waals surface area contributed by atoms with E-state index >= 15 is 0 Å². The van der Waals surface area contributed by atoms with Gasteiger partial charge in [-0.05, 0) is 17.8 Å². The molecule has 0 spiro atoms. The number of rotatable bonds is 4. The SMILES string of the molecule is CC(C)CC(C)(C)CS(=O)(=O)O. The topological polar surface area (TPSA) is 54.4 Å². The zero-order valence-corrected chi connectivity index (χ0v) is 8.98. The Morgan fingerprint density at radius 1 is 1.33 bits per heavy atom. The first-order valence-electron chi connectivity index (χ1n) is 4.07. The lowest BCUT2D eigenvalue weighted by Gasteiger charge is -2.24. The first kappa shape index (κ1) is 11.9. The summed E-state index contributed by atoms with van der Waals surface area (Å²) in [5, 5.41) is 0. The average Bonchev–Trinajstić information content (AvgIpc) is 1.48. The quantitative estimate of drug-likeness (QED) is 0.696. The molecule has 0 aliphatic carbocycles. The van der Waals surface area contributed by atoms with Gasteiger partial charge in [-0.15, -0.1) is 0 Å². The molecule has 0 aliphatic heterocycles. The summed E-state index contributed by atoms with van der Waals surface area (Å²) in [5.41, 5.74) is -0.332. The summed E-state index contributed by atoms with van der Waals surface area (Å²) in [5.74, 6) is 0.291. The van der Waals surface area contributed by atoms with Crippen molar-refractivity contribution >= 4 is 10.1 Å². The zero-order valence-electron chi connectivity index (χ0n) is 8.16. The van der Waals surface area contributed by atoms with Crippen molar-refractivity contribution < 1.29 is 13.0 Å². The van der Waals surface area contributed by atoms with E-state index in [1.165, 1.54) is 0 Å². The lowest BCUT2D eigenvalue weighted by Crippen LogP contribution is -2.25. The molecule has 0 aromatic carbocycles. The van der Waals surface area contributed by atoms with Crippen LogP contribution in [-0.4, -0.2) is 18.7 Å². The van der Waals surface area contributed by atoms with Crippen molar-refractivity contribution in [3.8, 4) is 0 Å². The van der Waals surface area contributed by atoms with Gasteiger partial charge in [-0.1, -0.05) is 27.7 Å². The van der Waals surface area contributed by atoms with Gasteiger partial charge in [-0.25, -0.2) is 0 Å². The minimum atomic E-state index is -3.83. The molecule has 0 saturated carbocycles. The van der Waals surface area contributed by atoms with Crippen LogP contribution < -0.4 is 0 Å². The number of hydrogen-bond donors (Lipinski definition) is 1. The Bertz CT molecular complexity index is 227. The highest BCUT2D eigenvalue weighted by atomic mass is 32.2. The van der Waals surface area contributed by atoms with Gasteiger partial charge in [-0.2, -0.15) is 8.42 Å². The summed E-state index contributed by atoms with van der Waals surface area (Å²) in [6.45, 7) is 7.76. The molecule has 0 radical (unpaired) electrons. The van der Waals surface area contributed by atoms with Gasteiger partial charge in [0.15, 0.2) is 0 Å². The lowest BCUT2D eigenvalue weighted by molar-refractivity contribution is 0.314. The standard InChI is InChI=1S/C8H18O3S/c1-7(2)5-8(3,4)6-12(9,10)11/h7H,5-6H2,1-4H3,(H,9,10,11). The van der Waals surface area contributed by atoms with Gasteiger partial charge in [0.1, 0.15) is 0 Å². The second kappa shape index (κ2) is 3.75. The molecule has 0 unspecified atom stereocenters. The van der Waals surface area contributed by atoms with Crippen LogP contribution in [0.2, 0.25) is 0 Å². The highest BCUT2D eigenvalue weighted by molar-refractivity contribution is 7.85. The van der Waals surface area contributed by atoms with Crippen LogP contribution in [0.15, 0.2) is 0 Å². The van der Waals surface area contributed by atoms with Crippen molar-refractivity contribution in [2.24, 2.45) is 11.3 Å². The molecule has 12 heavy (non-hydrogen) atoms. The zero-order chi connectivity index (χ0) is 9.99. The van der Waals surface area contributed by atoms with Crippen LogP contribution in [0.25, 0.3) is 0 Å². The van der Waals surface area contributed by atoms with E-state index in [-0.39, 0.29) is 11.2 Å². The van der Waals surface area contributed by atoms with Crippen LogP contribution in [0.4, 0.5) is 0 Å². The van der Waals surface area contributed by atoms with E-state index in [9.17, 15) is 8.42 Å². The summed E-state index contributed by atoms with van der Waals surface area (Å²) >= 11 is 0. The Hall–Kier alpha value is -0.0900. The highest BCUT2D eigenvalue weighted by Crippen LogP contribution is 2.26. The fraction of sp³-hybridized carbons (Fsp3) is 1.00. The molecule has 0 heterocycles. The van der Waals surface area contributed by atoms with Crippen LogP contribution >= 0.6 is 0 Å². The first-order valence-corrected chi connectivity index (χ1v) is 5.68. The Morgan fingerprint density at radius 3 is 2.00 bits per heavy atom. The molecule has 0 atom stereocenters. The maximum absolute atomic E-state index is 10.6. The normalized spacial score (nSPS) is 13.8. The van der Waals surface area contributed by atoms with Crippen LogP contribution in [0.3, 0.4) is 0 Å². The third-order valence-electron chi connectivity index (χ3n) is 1.53. The predicted molar refractivity (Wildman–Crippen MR) is 49.7 cm³/mol. The molecule has 1 N–H and O–H groups in total. The molecule has 0 aromatic rings. The molecule has 0 aliphatic rings. The van der Waals surface area contributed by atoms with Gasteiger partial charge < -0.3 is 0 Å². The van der Waals surface area contributed by atoms with E-state index in [1.807, 2.05) is 27.7 Å². The molecule has 4 heteroatoms. The maximum Gasteiger partial charge on any atom is 0.265 e. The third-order valence-corrected chi connectivity index (χ3v) is 2.68. The van der Waals surface area contributed by atoms with E-state index in [0.29, 0.717) is 5.92 Å². The second-order valence-electron chi connectivity index (χ2n) is 4.49. The van der Waals surface area contributed by atoms with Crippen LogP contribution in [0.5, 0.6) is 0 Å². The molecular formula is C8H18O3S. The molecule has 0 saturated heterocycles. The molecular weight excluding hydrogens is 176 g/mol. The molecule has 3 nitrogen and oxygen atoms in total.